The van der Waals surface area contributed by atoms with E-state index in [2.05, 4.69) is 0 Å². The number of ether oxygens (including phenoxy) is 2. The molecule has 0 aliphatic carbocycles. The summed E-state index contributed by atoms with van der Waals surface area (Å²) in [5, 5.41) is 8.79. The smallest absolute Gasteiger partial charge is 0.248 e. The first-order valence-electron chi connectivity index (χ1n) is 6.41. The average molecular weight is 243 g/mol. The third-order valence-corrected chi connectivity index (χ3v) is 3.35. The third-order valence-electron chi connectivity index (χ3n) is 3.35. The van der Waals surface area contributed by atoms with E-state index in [0.717, 1.165) is 32.3 Å². The van der Waals surface area contributed by atoms with Gasteiger partial charge in [-0.2, -0.15) is 0 Å². The fourth-order valence-electron chi connectivity index (χ4n) is 2.38. The number of aliphatic hydroxyl groups excluding tert-OH is 1. The van der Waals surface area contributed by atoms with Gasteiger partial charge < -0.3 is 19.5 Å². The van der Waals surface area contributed by atoms with E-state index in [4.69, 9.17) is 14.6 Å². The van der Waals surface area contributed by atoms with E-state index in [0.29, 0.717) is 13.1 Å². The second-order valence-electron chi connectivity index (χ2n) is 4.73. The molecule has 2 saturated heterocycles. The standard InChI is InChI=1S/C12H21NO4/c14-5-1-3-11-8-13(12(15)9-17-11)7-10-4-2-6-16-10/h10-11,14H,1-9H2. The van der Waals surface area contributed by atoms with Gasteiger partial charge >= 0.3 is 0 Å². The number of rotatable bonds is 5. The summed E-state index contributed by atoms with van der Waals surface area (Å²) in [5.41, 5.74) is 0. The van der Waals surface area contributed by atoms with Crippen molar-refractivity contribution in [2.75, 3.05) is 32.9 Å². The summed E-state index contributed by atoms with van der Waals surface area (Å²) in [4.78, 5) is 13.5. The van der Waals surface area contributed by atoms with Crippen LogP contribution in [0.4, 0.5) is 0 Å². The number of carbonyl (C=O) groups excluding carboxylic acids is 1. The van der Waals surface area contributed by atoms with Gasteiger partial charge in [0, 0.05) is 26.3 Å². The molecule has 2 heterocycles. The summed E-state index contributed by atoms with van der Waals surface area (Å²) < 4.78 is 11.0. The van der Waals surface area contributed by atoms with E-state index in [1.807, 2.05) is 4.90 Å². The van der Waals surface area contributed by atoms with E-state index in [-0.39, 0.29) is 31.3 Å². The SMILES string of the molecule is O=C1COC(CCCO)CN1CC1CCCO1. The molecule has 98 valence electrons. The van der Waals surface area contributed by atoms with Crippen LogP contribution in [0, 0.1) is 0 Å². The number of nitrogens with zero attached hydrogens (tertiary/aromatic N) is 1. The Morgan fingerprint density at radius 2 is 2.24 bits per heavy atom. The van der Waals surface area contributed by atoms with Crippen molar-refractivity contribution in [1.82, 2.24) is 4.90 Å². The van der Waals surface area contributed by atoms with Gasteiger partial charge in [-0.25, -0.2) is 0 Å². The molecule has 17 heavy (non-hydrogen) atoms. The van der Waals surface area contributed by atoms with Crippen LogP contribution in [0.5, 0.6) is 0 Å². The number of morpholine rings is 1. The lowest BCUT2D eigenvalue weighted by Crippen LogP contribution is -2.49. The highest BCUT2D eigenvalue weighted by molar-refractivity contribution is 5.78. The van der Waals surface area contributed by atoms with E-state index < -0.39 is 0 Å². The zero-order valence-electron chi connectivity index (χ0n) is 10.1. The predicted octanol–water partition coefficient (Wildman–Crippen LogP) is 0.165. The normalized spacial score (nSPS) is 29.9. The highest BCUT2D eigenvalue weighted by atomic mass is 16.5. The fraction of sp³-hybridized carbons (Fsp3) is 0.917. The quantitative estimate of drug-likeness (QED) is 0.747. The van der Waals surface area contributed by atoms with Crippen LogP contribution in [0.25, 0.3) is 0 Å². The van der Waals surface area contributed by atoms with Crippen LogP contribution in [0.3, 0.4) is 0 Å². The van der Waals surface area contributed by atoms with Crippen molar-refractivity contribution < 1.29 is 19.4 Å². The van der Waals surface area contributed by atoms with Crippen molar-refractivity contribution in [3.05, 3.63) is 0 Å². The molecule has 0 spiro atoms. The molecule has 0 bridgehead atoms. The van der Waals surface area contributed by atoms with Gasteiger partial charge in [-0.15, -0.1) is 0 Å². The van der Waals surface area contributed by atoms with E-state index >= 15 is 0 Å². The minimum Gasteiger partial charge on any atom is -0.396 e. The number of aliphatic hydroxyl groups is 1. The van der Waals surface area contributed by atoms with Crippen LogP contribution >= 0.6 is 0 Å². The van der Waals surface area contributed by atoms with Crippen LogP contribution in [0.1, 0.15) is 25.7 Å². The maximum atomic E-state index is 11.7. The van der Waals surface area contributed by atoms with Crippen LogP contribution in [-0.2, 0) is 14.3 Å². The molecule has 2 unspecified atom stereocenters. The monoisotopic (exact) mass is 243 g/mol. The van der Waals surface area contributed by atoms with E-state index in [9.17, 15) is 4.79 Å². The summed E-state index contributed by atoms with van der Waals surface area (Å²) >= 11 is 0. The number of carbonyl (C=O) groups is 1. The first-order chi connectivity index (χ1) is 8.29. The molecule has 2 rings (SSSR count). The largest absolute Gasteiger partial charge is 0.396 e. The second-order valence-corrected chi connectivity index (χ2v) is 4.73. The molecule has 1 N–H and O–H groups in total. The minimum atomic E-state index is 0.0562. The van der Waals surface area contributed by atoms with Gasteiger partial charge in [0.05, 0.1) is 12.2 Å². The molecule has 2 aliphatic heterocycles. The molecule has 5 nitrogen and oxygen atoms in total. The molecule has 2 fully saturated rings. The highest BCUT2D eigenvalue weighted by Crippen LogP contribution is 2.17. The topological polar surface area (TPSA) is 59.0 Å². The molecule has 0 aromatic carbocycles. The third kappa shape index (κ3) is 3.66. The minimum absolute atomic E-state index is 0.0562. The Hall–Kier alpha value is -0.650. The van der Waals surface area contributed by atoms with Crippen molar-refractivity contribution in [3.63, 3.8) is 0 Å². The lowest BCUT2D eigenvalue weighted by Gasteiger charge is -2.34. The zero-order valence-corrected chi connectivity index (χ0v) is 10.1. The summed E-state index contributed by atoms with van der Waals surface area (Å²) in [6.45, 7) is 2.50. The van der Waals surface area contributed by atoms with Crippen molar-refractivity contribution in [3.8, 4) is 0 Å². The van der Waals surface area contributed by atoms with Gasteiger partial charge in [0.2, 0.25) is 5.91 Å². The lowest BCUT2D eigenvalue weighted by atomic mass is 10.1. The fourth-order valence-corrected chi connectivity index (χ4v) is 2.38. The second kappa shape index (κ2) is 6.33. The van der Waals surface area contributed by atoms with Crippen LogP contribution in [0.15, 0.2) is 0 Å². The molecule has 0 aromatic heterocycles. The number of amides is 1. The first kappa shape index (κ1) is 12.8. The molecule has 5 heteroatoms. The molecule has 0 aromatic rings. The maximum absolute atomic E-state index is 11.7. The Morgan fingerprint density at radius 1 is 1.35 bits per heavy atom. The summed E-state index contributed by atoms with van der Waals surface area (Å²) in [5.74, 6) is 0.0562. The summed E-state index contributed by atoms with van der Waals surface area (Å²) in [6.07, 6.45) is 3.96. The molecule has 2 atom stereocenters. The van der Waals surface area contributed by atoms with Gasteiger partial charge in [-0.3, -0.25) is 4.79 Å². The van der Waals surface area contributed by atoms with E-state index in [1.54, 1.807) is 0 Å². The molecule has 0 radical (unpaired) electrons. The molecule has 1 amide bonds. The average Bonchev–Trinajstić information content (AvgIpc) is 2.83. The van der Waals surface area contributed by atoms with Crippen molar-refractivity contribution in [2.24, 2.45) is 0 Å². The van der Waals surface area contributed by atoms with Crippen LogP contribution in [0.2, 0.25) is 0 Å². The van der Waals surface area contributed by atoms with Crippen LogP contribution < -0.4 is 0 Å². The first-order valence-corrected chi connectivity index (χ1v) is 6.41. The molecular formula is C12H21NO4. The van der Waals surface area contributed by atoms with E-state index in [1.165, 1.54) is 0 Å². The molecule has 0 saturated carbocycles. The van der Waals surface area contributed by atoms with Crippen molar-refractivity contribution >= 4 is 5.91 Å². The van der Waals surface area contributed by atoms with Crippen LogP contribution in [-0.4, -0.2) is 61.0 Å². The molecular weight excluding hydrogens is 222 g/mol. The van der Waals surface area contributed by atoms with Gasteiger partial charge in [0.15, 0.2) is 0 Å². The number of hydrogen-bond donors (Lipinski definition) is 1. The summed E-state index contributed by atoms with van der Waals surface area (Å²) in [6, 6.07) is 0. The van der Waals surface area contributed by atoms with Crippen molar-refractivity contribution in [2.45, 2.75) is 37.9 Å². The maximum Gasteiger partial charge on any atom is 0.248 e. The Morgan fingerprint density at radius 3 is 2.94 bits per heavy atom. The predicted molar refractivity (Wildman–Crippen MR) is 61.6 cm³/mol. The number of hydrogen-bond acceptors (Lipinski definition) is 4. The Labute approximate surface area is 102 Å². The lowest BCUT2D eigenvalue weighted by molar-refractivity contribution is -0.151. The summed E-state index contributed by atoms with van der Waals surface area (Å²) in [7, 11) is 0. The highest BCUT2D eigenvalue weighted by Gasteiger charge is 2.29. The zero-order chi connectivity index (χ0) is 12.1. The van der Waals surface area contributed by atoms with Crippen molar-refractivity contribution in [1.29, 1.82) is 0 Å². The molecule has 2 aliphatic rings. The van der Waals surface area contributed by atoms with Gasteiger partial charge in [-0.1, -0.05) is 0 Å². The van der Waals surface area contributed by atoms with Gasteiger partial charge in [0.25, 0.3) is 0 Å². The van der Waals surface area contributed by atoms with Gasteiger partial charge in [0.1, 0.15) is 6.61 Å². The Bertz CT molecular complexity index is 253. The van der Waals surface area contributed by atoms with Gasteiger partial charge in [-0.05, 0) is 25.7 Å². The Balaban J connectivity index is 1.79. The Kier molecular flexibility index (Phi) is 4.76.